The molecule has 25 heavy (non-hydrogen) atoms. The molecular weight excluding hydrogens is 340 g/mol. The van der Waals surface area contributed by atoms with Crippen molar-refractivity contribution in [3.05, 3.63) is 34.9 Å². The molecule has 0 aliphatic carbocycles. The molecular formula is C19H25ClN2O3. The summed E-state index contributed by atoms with van der Waals surface area (Å²) in [5.41, 5.74) is 0.541. The molecule has 136 valence electrons. The second-order valence-corrected chi connectivity index (χ2v) is 7.92. The second kappa shape index (κ2) is 7.23. The molecule has 3 heterocycles. The molecule has 1 aromatic rings. The molecule has 0 unspecified atom stereocenters. The van der Waals surface area contributed by atoms with Crippen molar-refractivity contribution < 1.29 is 14.3 Å². The van der Waals surface area contributed by atoms with Crippen molar-refractivity contribution in [2.75, 3.05) is 52.5 Å². The summed E-state index contributed by atoms with van der Waals surface area (Å²) < 4.78 is 11.6. The predicted octanol–water partition coefficient (Wildman–Crippen LogP) is 2.29. The summed E-state index contributed by atoms with van der Waals surface area (Å²) in [4.78, 5) is 16.9. The molecule has 0 saturated carbocycles. The molecule has 1 atom stereocenters. The van der Waals surface area contributed by atoms with Gasteiger partial charge in [0.2, 0.25) is 0 Å². The van der Waals surface area contributed by atoms with E-state index in [0.29, 0.717) is 29.6 Å². The van der Waals surface area contributed by atoms with E-state index in [1.807, 2.05) is 17.0 Å². The number of amides is 1. The zero-order chi connectivity index (χ0) is 17.3. The first kappa shape index (κ1) is 17.3. The predicted molar refractivity (Wildman–Crippen MR) is 96.0 cm³/mol. The maximum absolute atomic E-state index is 12.5. The highest BCUT2D eigenvalue weighted by atomic mass is 35.5. The van der Waals surface area contributed by atoms with Gasteiger partial charge >= 0.3 is 0 Å². The van der Waals surface area contributed by atoms with Gasteiger partial charge in [-0.15, -0.1) is 0 Å². The van der Waals surface area contributed by atoms with Crippen molar-refractivity contribution in [3.63, 3.8) is 0 Å². The lowest BCUT2D eigenvalue weighted by atomic mass is 9.82. The van der Waals surface area contributed by atoms with Crippen molar-refractivity contribution in [2.24, 2.45) is 5.92 Å². The third kappa shape index (κ3) is 3.85. The third-order valence-corrected chi connectivity index (χ3v) is 5.81. The van der Waals surface area contributed by atoms with E-state index in [0.717, 1.165) is 45.9 Å². The van der Waals surface area contributed by atoms with Gasteiger partial charge in [0.15, 0.2) is 0 Å². The molecule has 5 nitrogen and oxygen atoms in total. The molecule has 6 heteroatoms. The van der Waals surface area contributed by atoms with Crippen molar-refractivity contribution in [3.8, 4) is 0 Å². The Hall–Kier alpha value is -1.14. The number of carbonyl (C=O) groups is 1. The number of ether oxygens (including phenoxy) is 2. The Kier molecular flexibility index (Phi) is 5.00. The lowest BCUT2D eigenvalue weighted by molar-refractivity contribution is -0.169. The van der Waals surface area contributed by atoms with Gasteiger partial charge in [-0.1, -0.05) is 17.7 Å². The highest BCUT2D eigenvalue weighted by molar-refractivity contribution is 6.30. The van der Waals surface area contributed by atoms with Gasteiger partial charge in [0.25, 0.3) is 5.91 Å². The fourth-order valence-corrected chi connectivity index (χ4v) is 4.25. The van der Waals surface area contributed by atoms with Crippen LogP contribution in [-0.2, 0) is 9.47 Å². The number of hydrogen-bond acceptors (Lipinski definition) is 4. The van der Waals surface area contributed by atoms with E-state index in [-0.39, 0.29) is 11.5 Å². The summed E-state index contributed by atoms with van der Waals surface area (Å²) in [5, 5.41) is 0.598. The van der Waals surface area contributed by atoms with Crippen molar-refractivity contribution in [1.29, 1.82) is 0 Å². The smallest absolute Gasteiger partial charge is 0.254 e. The summed E-state index contributed by atoms with van der Waals surface area (Å²) >= 11 is 5.99. The van der Waals surface area contributed by atoms with Crippen LogP contribution in [0.4, 0.5) is 0 Å². The summed E-state index contributed by atoms with van der Waals surface area (Å²) in [6.45, 7) is 7.05. The molecule has 3 aliphatic rings. The highest BCUT2D eigenvalue weighted by Gasteiger charge is 2.48. The highest BCUT2D eigenvalue weighted by Crippen LogP contribution is 2.37. The van der Waals surface area contributed by atoms with E-state index in [4.69, 9.17) is 21.1 Å². The van der Waals surface area contributed by atoms with Crippen LogP contribution in [0.1, 0.15) is 23.2 Å². The van der Waals surface area contributed by atoms with Crippen LogP contribution in [0.15, 0.2) is 24.3 Å². The van der Waals surface area contributed by atoms with Gasteiger partial charge in [0.1, 0.15) is 5.60 Å². The molecule has 0 aromatic heterocycles. The van der Waals surface area contributed by atoms with E-state index < -0.39 is 0 Å². The summed E-state index contributed by atoms with van der Waals surface area (Å²) in [7, 11) is 0. The van der Waals surface area contributed by atoms with Crippen LogP contribution in [0.3, 0.4) is 0 Å². The van der Waals surface area contributed by atoms with Crippen LogP contribution in [0.25, 0.3) is 0 Å². The molecule has 0 N–H and O–H groups in total. The Balaban J connectivity index is 1.25. The fourth-order valence-electron chi connectivity index (χ4n) is 4.06. The quantitative estimate of drug-likeness (QED) is 0.825. The Morgan fingerprint density at radius 3 is 2.76 bits per heavy atom. The number of likely N-dealkylation sites (tertiary alicyclic amines) is 1. The first-order valence-corrected chi connectivity index (χ1v) is 9.50. The summed E-state index contributed by atoms with van der Waals surface area (Å²) in [5.74, 6) is 0.647. The van der Waals surface area contributed by atoms with E-state index in [2.05, 4.69) is 4.90 Å². The lowest BCUT2D eigenvalue weighted by Gasteiger charge is -2.53. The molecule has 4 rings (SSSR count). The topological polar surface area (TPSA) is 42.0 Å². The van der Waals surface area contributed by atoms with Gasteiger partial charge in [-0.25, -0.2) is 0 Å². The third-order valence-electron chi connectivity index (χ3n) is 5.57. The van der Waals surface area contributed by atoms with Crippen LogP contribution in [-0.4, -0.2) is 73.9 Å². The number of benzene rings is 1. The van der Waals surface area contributed by atoms with Crippen LogP contribution < -0.4 is 0 Å². The van der Waals surface area contributed by atoms with Gasteiger partial charge in [0, 0.05) is 30.2 Å². The van der Waals surface area contributed by atoms with Crippen LogP contribution in [0.5, 0.6) is 0 Å². The number of carbonyl (C=O) groups excluding carboxylic acids is 1. The van der Waals surface area contributed by atoms with Gasteiger partial charge in [-0.3, -0.25) is 9.69 Å². The van der Waals surface area contributed by atoms with E-state index in [9.17, 15) is 4.79 Å². The SMILES string of the molecule is O=C(c1cccc(Cl)c1)N1CC2(CC[C@@H](CN3CCOCC3)CO2)C1. The molecule has 1 amide bonds. The lowest BCUT2D eigenvalue weighted by Crippen LogP contribution is -2.66. The zero-order valence-corrected chi connectivity index (χ0v) is 15.2. The average Bonchev–Trinajstić information content (AvgIpc) is 2.61. The minimum atomic E-state index is -0.115. The molecule has 0 bridgehead atoms. The summed E-state index contributed by atoms with van der Waals surface area (Å²) in [6, 6.07) is 7.15. The van der Waals surface area contributed by atoms with E-state index in [1.54, 1.807) is 12.1 Å². The molecule has 3 fully saturated rings. The first-order chi connectivity index (χ1) is 12.1. The number of halogens is 1. The van der Waals surface area contributed by atoms with Gasteiger partial charge in [-0.2, -0.15) is 0 Å². The Bertz CT molecular complexity index is 617. The monoisotopic (exact) mass is 364 g/mol. The normalized spacial score (nSPS) is 26.4. The van der Waals surface area contributed by atoms with E-state index in [1.165, 1.54) is 6.42 Å². The van der Waals surface area contributed by atoms with Gasteiger partial charge in [0.05, 0.1) is 32.9 Å². The van der Waals surface area contributed by atoms with Gasteiger partial charge < -0.3 is 14.4 Å². The first-order valence-electron chi connectivity index (χ1n) is 9.12. The second-order valence-electron chi connectivity index (χ2n) is 7.48. The van der Waals surface area contributed by atoms with Crippen molar-refractivity contribution >= 4 is 17.5 Å². The van der Waals surface area contributed by atoms with Crippen LogP contribution >= 0.6 is 11.6 Å². The summed E-state index contributed by atoms with van der Waals surface area (Å²) in [6.07, 6.45) is 2.22. The Morgan fingerprint density at radius 2 is 2.08 bits per heavy atom. The molecule has 3 saturated heterocycles. The molecule has 0 radical (unpaired) electrons. The van der Waals surface area contributed by atoms with Crippen LogP contribution in [0.2, 0.25) is 5.02 Å². The maximum Gasteiger partial charge on any atom is 0.254 e. The fraction of sp³-hybridized carbons (Fsp3) is 0.632. The standard InChI is InChI=1S/C19H25ClN2O3/c20-17-3-1-2-16(10-17)18(23)22-13-19(14-22)5-4-15(12-25-19)11-21-6-8-24-9-7-21/h1-3,10,15H,4-9,11-14H2/t15-/m0/s1. The Morgan fingerprint density at radius 1 is 1.28 bits per heavy atom. The van der Waals surface area contributed by atoms with Crippen LogP contribution in [0, 0.1) is 5.92 Å². The zero-order valence-electron chi connectivity index (χ0n) is 14.5. The number of hydrogen-bond donors (Lipinski definition) is 0. The number of nitrogens with zero attached hydrogens (tertiary/aromatic N) is 2. The van der Waals surface area contributed by atoms with Gasteiger partial charge in [-0.05, 0) is 37.0 Å². The Labute approximate surface area is 153 Å². The van der Waals surface area contributed by atoms with Crippen molar-refractivity contribution in [1.82, 2.24) is 9.80 Å². The molecule has 1 spiro atoms. The van der Waals surface area contributed by atoms with E-state index >= 15 is 0 Å². The average molecular weight is 365 g/mol. The largest absolute Gasteiger partial charge is 0.379 e. The molecule has 1 aromatic carbocycles. The number of morpholine rings is 1. The van der Waals surface area contributed by atoms with Crippen molar-refractivity contribution in [2.45, 2.75) is 18.4 Å². The molecule has 3 aliphatic heterocycles. The maximum atomic E-state index is 12.5. The number of rotatable bonds is 3. The minimum absolute atomic E-state index is 0.0483. The minimum Gasteiger partial charge on any atom is -0.379 e.